The maximum Gasteiger partial charge on any atom is 0.252 e. The van der Waals surface area contributed by atoms with Gasteiger partial charge in [0, 0.05) is 18.7 Å². The highest BCUT2D eigenvalue weighted by Crippen LogP contribution is 2.48. The lowest BCUT2D eigenvalue weighted by atomic mass is 9.96. The molecule has 1 saturated carbocycles. The zero-order valence-corrected chi connectivity index (χ0v) is 16.7. The quantitative estimate of drug-likeness (QED) is 0.672. The molecule has 0 unspecified atom stereocenters. The van der Waals surface area contributed by atoms with E-state index in [0.29, 0.717) is 6.61 Å². The monoisotopic (exact) mass is 386 g/mol. The van der Waals surface area contributed by atoms with E-state index in [0.717, 1.165) is 42.6 Å². The number of carbonyl (C=O) groups is 1. The van der Waals surface area contributed by atoms with Gasteiger partial charge in [0.05, 0.1) is 18.2 Å². The summed E-state index contributed by atoms with van der Waals surface area (Å²) in [5.74, 6) is 0.0000880. The van der Waals surface area contributed by atoms with Crippen LogP contribution in [-0.2, 0) is 16.9 Å². The first-order valence-electron chi connectivity index (χ1n) is 10.4. The van der Waals surface area contributed by atoms with E-state index in [1.165, 1.54) is 16.3 Å². The summed E-state index contributed by atoms with van der Waals surface area (Å²) in [4.78, 5) is 13.2. The average Bonchev–Trinajstić information content (AvgIpc) is 3.48. The summed E-state index contributed by atoms with van der Waals surface area (Å²) in [6, 6.07) is 20.8. The Morgan fingerprint density at radius 3 is 2.66 bits per heavy atom. The molecule has 29 heavy (non-hydrogen) atoms. The third-order valence-corrected chi connectivity index (χ3v) is 6.18. The Morgan fingerprint density at radius 1 is 1.10 bits per heavy atom. The second-order valence-electron chi connectivity index (χ2n) is 8.30. The van der Waals surface area contributed by atoms with Crippen molar-refractivity contribution in [1.29, 1.82) is 0 Å². The van der Waals surface area contributed by atoms with E-state index in [9.17, 15) is 4.79 Å². The fraction of sp³-hybridized carbons (Fsp3) is 0.320. The molecule has 0 atom stereocenters. The fourth-order valence-corrected chi connectivity index (χ4v) is 4.11. The van der Waals surface area contributed by atoms with Crippen LogP contribution in [-0.4, -0.2) is 25.1 Å². The van der Waals surface area contributed by atoms with Crippen molar-refractivity contribution in [3.8, 4) is 0 Å². The van der Waals surface area contributed by atoms with Gasteiger partial charge in [0.25, 0.3) is 5.91 Å². The Bertz CT molecular complexity index is 1060. The molecule has 1 saturated heterocycles. The van der Waals surface area contributed by atoms with Crippen molar-refractivity contribution in [2.75, 3.05) is 13.1 Å². The fourth-order valence-electron chi connectivity index (χ4n) is 4.11. The zero-order chi connectivity index (χ0) is 19.8. The second-order valence-corrected chi connectivity index (χ2v) is 8.30. The Kier molecular flexibility index (Phi) is 4.61. The van der Waals surface area contributed by atoms with Crippen LogP contribution in [0, 0.1) is 6.92 Å². The van der Waals surface area contributed by atoms with Crippen LogP contribution >= 0.6 is 0 Å². The van der Waals surface area contributed by atoms with Crippen LogP contribution in [0.15, 0.2) is 60.7 Å². The molecular formula is C25H26N2O2. The smallest absolute Gasteiger partial charge is 0.252 e. The molecule has 1 amide bonds. The summed E-state index contributed by atoms with van der Waals surface area (Å²) < 4.78 is 5.88. The summed E-state index contributed by atoms with van der Waals surface area (Å²) >= 11 is 0. The molecule has 2 aliphatic rings. The molecule has 1 aliphatic carbocycles. The van der Waals surface area contributed by atoms with E-state index >= 15 is 0 Å². The molecule has 1 aliphatic heterocycles. The summed E-state index contributed by atoms with van der Waals surface area (Å²) in [5.41, 5.74) is 3.74. The topological polar surface area (TPSA) is 50.4 Å². The number of amides is 1. The van der Waals surface area contributed by atoms with Crippen LogP contribution in [0.5, 0.6) is 0 Å². The van der Waals surface area contributed by atoms with Crippen LogP contribution < -0.4 is 10.6 Å². The largest absolute Gasteiger partial charge is 0.371 e. The molecule has 0 aromatic heterocycles. The standard InChI is InChI=1S/C25H26N2O2/c1-17-9-10-18(16-29-20-14-26-15-20)13-22(17)24(28)27-25(11-12-25)23-8-4-6-19-5-2-3-7-21(19)23/h2-10,13,20,26H,11-12,14-16H2,1H3,(H,27,28). The predicted molar refractivity (Wildman–Crippen MR) is 115 cm³/mol. The number of fused-ring (bicyclic) bond motifs is 1. The van der Waals surface area contributed by atoms with Gasteiger partial charge in [-0.2, -0.15) is 0 Å². The molecule has 3 aromatic rings. The van der Waals surface area contributed by atoms with Gasteiger partial charge in [0.1, 0.15) is 0 Å². The van der Waals surface area contributed by atoms with Crippen LogP contribution in [0.3, 0.4) is 0 Å². The Hall–Kier alpha value is -2.69. The lowest BCUT2D eigenvalue weighted by Crippen LogP contribution is -2.48. The highest BCUT2D eigenvalue weighted by molar-refractivity contribution is 5.97. The molecule has 0 bridgehead atoms. The first-order valence-corrected chi connectivity index (χ1v) is 10.4. The van der Waals surface area contributed by atoms with Gasteiger partial charge in [-0.1, -0.05) is 54.6 Å². The highest BCUT2D eigenvalue weighted by Gasteiger charge is 2.46. The van der Waals surface area contributed by atoms with Crippen molar-refractivity contribution < 1.29 is 9.53 Å². The van der Waals surface area contributed by atoms with Crippen molar-refractivity contribution in [2.24, 2.45) is 0 Å². The third-order valence-electron chi connectivity index (χ3n) is 6.18. The number of carbonyl (C=O) groups excluding carboxylic acids is 1. The molecule has 5 rings (SSSR count). The number of nitrogens with one attached hydrogen (secondary N) is 2. The Balaban J connectivity index is 1.38. The van der Waals surface area contributed by atoms with Gasteiger partial charge < -0.3 is 15.4 Å². The first kappa shape index (κ1) is 18.3. The minimum absolute atomic E-state index is 0.0000880. The summed E-state index contributed by atoms with van der Waals surface area (Å²) in [6.07, 6.45) is 2.24. The second kappa shape index (κ2) is 7.29. The van der Waals surface area contributed by atoms with Crippen LogP contribution in [0.1, 0.15) is 39.9 Å². The maximum absolute atomic E-state index is 13.2. The number of hydrogen-bond donors (Lipinski definition) is 2. The molecular weight excluding hydrogens is 360 g/mol. The summed E-state index contributed by atoms with van der Waals surface area (Å²) in [6.45, 7) is 4.35. The van der Waals surface area contributed by atoms with E-state index in [1.54, 1.807) is 0 Å². The maximum atomic E-state index is 13.2. The number of benzene rings is 3. The molecule has 2 N–H and O–H groups in total. The first-order chi connectivity index (χ1) is 14.1. The van der Waals surface area contributed by atoms with Crippen molar-refractivity contribution in [3.05, 3.63) is 82.9 Å². The number of aryl methyl sites for hydroxylation is 1. The third kappa shape index (κ3) is 3.54. The van der Waals surface area contributed by atoms with Gasteiger partial charge in [-0.15, -0.1) is 0 Å². The van der Waals surface area contributed by atoms with Gasteiger partial charge >= 0.3 is 0 Å². The minimum Gasteiger partial charge on any atom is -0.371 e. The summed E-state index contributed by atoms with van der Waals surface area (Å²) in [7, 11) is 0. The Labute approximate surface area is 171 Å². The predicted octanol–water partition coefficient (Wildman–Crippen LogP) is 4.06. The van der Waals surface area contributed by atoms with E-state index < -0.39 is 0 Å². The van der Waals surface area contributed by atoms with Gasteiger partial charge in [0.15, 0.2) is 0 Å². The molecule has 2 fully saturated rings. The van der Waals surface area contributed by atoms with E-state index in [4.69, 9.17) is 4.74 Å². The molecule has 3 aromatic carbocycles. The van der Waals surface area contributed by atoms with Crippen LogP contribution in [0.25, 0.3) is 10.8 Å². The number of rotatable bonds is 6. The van der Waals surface area contributed by atoms with Crippen molar-refractivity contribution in [1.82, 2.24) is 10.6 Å². The molecule has 4 heteroatoms. The average molecular weight is 386 g/mol. The van der Waals surface area contributed by atoms with Crippen LogP contribution in [0.2, 0.25) is 0 Å². The molecule has 148 valence electrons. The van der Waals surface area contributed by atoms with Gasteiger partial charge in [-0.25, -0.2) is 0 Å². The van der Waals surface area contributed by atoms with Crippen molar-refractivity contribution in [2.45, 2.75) is 38.0 Å². The highest BCUT2D eigenvalue weighted by atomic mass is 16.5. The lowest BCUT2D eigenvalue weighted by Gasteiger charge is -2.27. The zero-order valence-electron chi connectivity index (χ0n) is 16.7. The van der Waals surface area contributed by atoms with Crippen molar-refractivity contribution in [3.63, 3.8) is 0 Å². The SMILES string of the molecule is Cc1ccc(COC2CNC2)cc1C(=O)NC1(c2cccc3ccccc23)CC1. The molecule has 1 heterocycles. The van der Waals surface area contributed by atoms with E-state index in [2.05, 4.69) is 59.2 Å². The number of ether oxygens (including phenoxy) is 1. The minimum atomic E-state index is -0.255. The van der Waals surface area contributed by atoms with Gasteiger partial charge in [-0.3, -0.25) is 4.79 Å². The molecule has 0 radical (unpaired) electrons. The van der Waals surface area contributed by atoms with E-state index in [1.807, 2.05) is 19.1 Å². The normalized spacial score (nSPS) is 17.7. The molecule has 4 nitrogen and oxygen atoms in total. The van der Waals surface area contributed by atoms with Crippen LogP contribution in [0.4, 0.5) is 0 Å². The Morgan fingerprint density at radius 2 is 1.90 bits per heavy atom. The molecule has 0 spiro atoms. The number of hydrogen-bond acceptors (Lipinski definition) is 3. The lowest BCUT2D eigenvalue weighted by molar-refractivity contribution is 0.00756. The van der Waals surface area contributed by atoms with Gasteiger partial charge in [-0.05, 0) is 53.3 Å². The van der Waals surface area contributed by atoms with E-state index in [-0.39, 0.29) is 17.6 Å². The van der Waals surface area contributed by atoms with Gasteiger partial charge in [0.2, 0.25) is 0 Å². The summed E-state index contributed by atoms with van der Waals surface area (Å²) in [5, 5.41) is 9.00. The van der Waals surface area contributed by atoms with Crippen molar-refractivity contribution >= 4 is 16.7 Å².